The molecular weight excluding hydrogens is 242 g/mol. The van der Waals surface area contributed by atoms with E-state index in [-0.39, 0.29) is 6.54 Å². The van der Waals surface area contributed by atoms with Crippen LogP contribution >= 0.6 is 0 Å². The number of aryl methyl sites for hydroxylation is 1. The molecule has 1 aromatic carbocycles. The van der Waals surface area contributed by atoms with E-state index >= 15 is 0 Å². The minimum atomic E-state index is -3.73. The molecule has 0 spiro atoms. The maximum absolute atomic E-state index is 11.9. The van der Waals surface area contributed by atoms with Gasteiger partial charge in [-0.2, -0.15) is 8.42 Å². The minimum absolute atomic E-state index is 0.258. The Morgan fingerprint density at radius 1 is 1.35 bits per heavy atom. The third kappa shape index (κ3) is 3.18. The van der Waals surface area contributed by atoms with Gasteiger partial charge in [0.05, 0.1) is 6.61 Å². The number of hydrogen-bond donors (Lipinski definition) is 1. The second kappa shape index (κ2) is 5.03. The molecule has 6 heteroatoms. The zero-order valence-corrected chi connectivity index (χ0v) is 10.4. The van der Waals surface area contributed by atoms with Gasteiger partial charge in [-0.05, 0) is 19.1 Å². The highest BCUT2D eigenvalue weighted by Gasteiger charge is 2.30. The number of nitrogens with one attached hydrogen (secondary N) is 1. The molecular formula is C11H15NO4S. The molecule has 1 unspecified atom stereocenters. The smallest absolute Gasteiger partial charge is 0.338 e. The van der Waals surface area contributed by atoms with Crippen molar-refractivity contribution in [3.8, 4) is 5.75 Å². The second-order valence-corrected chi connectivity index (χ2v) is 5.57. The summed E-state index contributed by atoms with van der Waals surface area (Å²) in [6, 6.07) is 6.85. The lowest BCUT2D eigenvalue weighted by molar-refractivity contribution is 0.0736. The van der Waals surface area contributed by atoms with Gasteiger partial charge in [0.2, 0.25) is 5.44 Å². The van der Waals surface area contributed by atoms with Crippen LogP contribution in [0.5, 0.6) is 5.75 Å². The predicted octanol–water partition coefficient (Wildman–Crippen LogP) is 0.650. The average Bonchev–Trinajstić information content (AvgIpc) is 2.33. The summed E-state index contributed by atoms with van der Waals surface area (Å²) in [5.74, 6) is 0.310. The van der Waals surface area contributed by atoms with E-state index in [9.17, 15) is 8.42 Å². The van der Waals surface area contributed by atoms with Gasteiger partial charge in [0.15, 0.2) is 0 Å². The molecule has 0 aliphatic carbocycles. The molecule has 1 N–H and O–H groups in total. The summed E-state index contributed by atoms with van der Waals surface area (Å²) in [4.78, 5) is 0. The molecule has 2 rings (SSSR count). The zero-order valence-electron chi connectivity index (χ0n) is 9.55. The molecule has 0 amide bonds. The molecule has 17 heavy (non-hydrogen) atoms. The highest BCUT2D eigenvalue weighted by molar-refractivity contribution is 7.87. The van der Waals surface area contributed by atoms with Crippen LogP contribution in [-0.2, 0) is 14.9 Å². The van der Waals surface area contributed by atoms with Gasteiger partial charge in [0.1, 0.15) is 5.75 Å². The van der Waals surface area contributed by atoms with E-state index in [0.717, 1.165) is 5.56 Å². The van der Waals surface area contributed by atoms with E-state index in [4.69, 9.17) is 8.92 Å². The van der Waals surface area contributed by atoms with E-state index in [1.807, 2.05) is 6.92 Å². The van der Waals surface area contributed by atoms with Crippen molar-refractivity contribution in [2.24, 2.45) is 0 Å². The van der Waals surface area contributed by atoms with Crippen molar-refractivity contribution in [1.82, 2.24) is 5.32 Å². The van der Waals surface area contributed by atoms with Crippen LogP contribution in [0.3, 0.4) is 0 Å². The van der Waals surface area contributed by atoms with Crippen LogP contribution in [0, 0.1) is 6.92 Å². The van der Waals surface area contributed by atoms with Gasteiger partial charge in [0, 0.05) is 13.1 Å². The van der Waals surface area contributed by atoms with Crippen molar-refractivity contribution in [1.29, 1.82) is 0 Å². The van der Waals surface area contributed by atoms with Crippen LogP contribution in [0.1, 0.15) is 5.56 Å². The van der Waals surface area contributed by atoms with E-state index in [2.05, 4.69) is 5.32 Å². The van der Waals surface area contributed by atoms with E-state index < -0.39 is 15.6 Å². The Hall–Kier alpha value is -1.11. The van der Waals surface area contributed by atoms with Crippen LogP contribution in [0.2, 0.25) is 0 Å². The highest BCUT2D eigenvalue weighted by atomic mass is 32.2. The first-order valence-electron chi connectivity index (χ1n) is 5.40. The summed E-state index contributed by atoms with van der Waals surface area (Å²) in [5.41, 5.74) is 0.114. The molecule has 1 aliphatic heterocycles. The lowest BCUT2D eigenvalue weighted by Crippen LogP contribution is -2.44. The molecule has 1 fully saturated rings. The quantitative estimate of drug-likeness (QED) is 0.805. The number of rotatable bonds is 3. The molecule has 5 nitrogen and oxygen atoms in total. The Morgan fingerprint density at radius 2 is 2.06 bits per heavy atom. The first-order valence-corrected chi connectivity index (χ1v) is 6.87. The SMILES string of the molecule is Cc1ccc(OS(=O)(=O)C2CNCCO2)cc1. The summed E-state index contributed by atoms with van der Waals surface area (Å²) in [6.07, 6.45) is 0. The first-order chi connectivity index (χ1) is 8.08. The van der Waals surface area contributed by atoms with Crippen molar-refractivity contribution in [3.05, 3.63) is 29.8 Å². The number of hydrogen-bond acceptors (Lipinski definition) is 5. The summed E-state index contributed by atoms with van der Waals surface area (Å²) in [5, 5.41) is 2.95. The fourth-order valence-corrected chi connectivity index (χ4v) is 2.58. The standard InChI is InChI=1S/C11H15NO4S/c1-9-2-4-10(5-3-9)16-17(13,14)11-8-12-6-7-15-11/h2-5,11-12H,6-8H2,1H3. The van der Waals surface area contributed by atoms with Crippen molar-refractivity contribution >= 4 is 10.1 Å². The van der Waals surface area contributed by atoms with Crippen molar-refractivity contribution in [2.75, 3.05) is 19.7 Å². The van der Waals surface area contributed by atoms with Gasteiger partial charge in [-0.1, -0.05) is 17.7 Å². The van der Waals surface area contributed by atoms with Crippen molar-refractivity contribution in [3.63, 3.8) is 0 Å². The topological polar surface area (TPSA) is 64.6 Å². The zero-order chi connectivity index (χ0) is 12.3. The van der Waals surface area contributed by atoms with Crippen LogP contribution in [0.15, 0.2) is 24.3 Å². The molecule has 1 heterocycles. The summed E-state index contributed by atoms with van der Waals surface area (Å²) in [7, 11) is -3.73. The van der Waals surface area contributed by atoms with Gasteiger partial charge < -0.3 is 14.2 Å². The molecule has 1 saturated heterocycles. The molecule has 1 atom stereocenters. The molecule has 0 aromatic heterocycles. The Bertz CT molecular complexity index is 463. The third-order valence-electron chi connectivity index (χ3n) is 2.45. The third-order valence-corrected chi connectivity index (χ3v) is 3.82. The van der Waals surface area contributed by atoms with Crippen LogP contribution in [-0.4, -0.2) is 33.6 Å². The van der Waals surface area contributed by atoms with Gasteiger partial charge in [-0.25, -0.2) is 0 Å². The average molecular weight is 257 g/mol. The number of morpholine rings is 1. The van der Waals surface area contributed by atoms with Gasteiger partial charge in [-0.3, -0.25) is 0 Å². The van der Waals surface area contributed by atoms with Crippen molar-refractivity contribution in [2.45, 2.75) is 12.4 Å². The first kappa shape index (κ1) is 12.3. The number of benzene rings is 1. The normalized spacial score (nSPS) is 21.1. The fraction of sp³-hybridized carbons (Fsp3) is 0.455. The minimum Gasteiger partial charge on any atom is -0.381 e. The van der Waals surface area contributed by atoms with Gasteiger partial charge >= 0.3 is 10.1 Å². The molecule has 94 valence electrons. The van der Waals surface area contributed by atoms with Crippen LogP contribution in [0.25, 0.3) is 0 Å². The largest absolute Gasteiger partial charge is 0.381 e. The summed E-state index contributed by atoms with van der Waals surface area (Å²) < 4.78 is 33.9. The molecule has 0 saturated carbocycles. The summed E-state index contributed by atoms with van der Waals surface area (Å²) >= 11 is 0. The van der Waals surface area contributed by atoms with E-state index in [1.54, 1.807) is 24.3 Å². The lowest BCUT2D eigenvalue weighted by Gasteiger charge is -2.23. The fourth-order valence-electron chi connectivity index (χ4n) is 1.51. The van der Waals surface area contributed by atoms with Crippen molar-refractivity contribution < 1.29 is 17.3 Å². The van der Waals surface area contributed by atoms with E-state index in [1.165, 1.54) is 0 Å². The molecule has 0 bridgehead atoms. The Labute approximate surface area is 101 Å². The second-order valence-electron chi connectivity index (χ2n) is 3.89. The molecule has 1 aromatic rings. The molecule has 0 radical (unpaired) electrons. The Kier molecular flexibility index (Phi) is 3.66. The highest BCUT2D eigenvalue weighted by Crippen LogP contribution is 2.17. The van der Waals surface area contributed by atoms with Gasteiger partial charge in [0.25, 0.3) is 0 Å². The van der Waals surface area contributed by atoms with Gasteiger partial charge in [-0.15, -0.1) is 0 Å². The Morgan fingerprint density at radius 3 is 2.65 bits per heavy atom. The summed E-state index contributed by atoms with van der Waals surface area (Å²) in [6.45, 7) is 3.22. The maximum Gasteiger partial charge on any atom is 0.338 e. The van der Waals surface area contributed by atoms with E-state index in [0.29, 0.717) is 18.9 Å². The predicted molar refractivity (Wildman–Crippen MR) is 63.3 cm³/mol. The van der Waals surface area contributed by atoms with Crippen LogP contribution < -0.4 is 9.50 Å². The monoisotopic (exact) mass is 257 g/mol. The Balaban J connectivity index is 2.08. The number of ether oxygens (including phenoxy) is 1. The molecule has 1 aliphatic rings. The van der Waals surface area contributed by atoms with Crippen LogP contribution in [0.4, 0.5) is 0 Å². The lowest BCUT2D eigenvalue weighted by atomic mass is 10.2. The maximum atomic E-state index is 11.9.